The van der Waals surface area contributed by atoms with Gasteiger partial charge in [0, 0.05) is 5.38 Å². The topological polar surface area (TPSA) is 55.4 Å². The van der Waals surface area contributed by atoms with Gasteiger partial charge in [-0.1, -0.05) is 12.1 Å². The molecule has 1 heterocycles. The molecule has 0 aliphatic carbocycles. The highest BCUT2D eigenvalue weighted by Crippen LogP contribution is 2.25. The van der Waals surface area contributed by atoms with E-state index in [0.717, 1.165) is 0 Å². The van der Waals surface area contributed by atoms with Gasteiger partial charge in [-0.3, -0.25) is 4.72 Å². The molecule has 0 aliphatic rings. The van der Waals surface area contributed by atoms with Crippen LogP contribution in [0.4, 0.5) is 5.69 Å². The monoisotopic (exact) mass is 269 g/mol. The Morgan fingerprint density at radius 2 is 2.00 bits per heavy atom. The van der Waals surface area contributed by atoms with Crippen molar-refractivity contribution in [2.75, 3.05) is 11.8 Å². The van der Waals surface area contributed by atoms with E-state index in [2.05, 4.69) is 4.72 Å². The predicted molar refractivity (Wildman–Crippen MR) is 68.1 cm³/mol. The van der Waals surface area contributed by atoms with E-state index in [1.54, 1.807) is 35.0 Å². The van der Waals surface area contributed by atoms with Gasteiger partial charge in [-0.25, -0.2) is 8.42 Å². The highest BCUT2D eigenvalue weighted by Gasteiger charge is 2.18. The summed E-state index contributed by atoms with van der Waals surface area (Å²) in [6, 6.07) is 8.21. The van der Waals surface area contributed by atoms with Gasteiger partial charge in [-0.2, -0.15) is 11.3 Å². The van der Waals surface area contributed by atoms with E-state index in [4.69, 9.17) is 4.74 Å². The van der Waals surface area contributed by atoms with Crippen molar-refractivity contribution >= 4 is 27.0 Å². The molecule has 0 radical (unpaired) electrons. The van der Waals surface area contributed by atoms with Gasteiger partial charge in [0.2, 0.25) is 0 Å². The van der Waals surface area contributed by atoms with Gasteiger partial charge in [0.1, 0.15) is 10.6 Å². The highest BCUT2D eigenvalue weighted by molar-refractivity contribution is 7.92. The Balaban J connectivity index is 2.38. The van der Waals surface area contributed by atoms with Crippen LogP contribution in [-0.4, -0.2) is 15.5 Å². The maximum atomic E-state index is 12.1. The number of hydrogen-bond donors (Lipinski definition) is 1. The van der Waals surface area contributed by atoms with Crippen molar-refractivity contribution in [3.8, 4) is 5.75 Å². The molecule has 0 saturated heterocycles. The number of benzene rings is 1. The molecule has 0 spiro atoms. The number of rotatable bonds is 4. The van der Waals surface area contributed by atoms with Gasteiger partial charge in [-0.05, 0) is 23.6 Å². The van der Waals surface area contributed by atoms with Crippen LogP contribution in [0.3, 0.4) is 0 Å². The SMILES string of the molecule is COc1ccccc1S(=O)(=O)Nc1ccsc1. The van der Waals surface area contributed by atoms with E-state index >= 15 is 0 Å². The van der Waals surface area contributed by atoms with Crippen LogP contribution >= 0.6 is 11.3 Å². The normalized spacial score (nSPS) is 11.1. The maximum absolute atomic E-state index is 12.1. The molecule has 1 aromatic carbocycles. The quantitative estimate of drug-likeness (QED) is 0.928. The number of para-hydroxylation sites is 1. The first kappa shape index (κ1) is 11.9. The fourth-order valence-electron chi connectivity index (χ4n) is 1.37. The number of thiophene rings is 1. The molecule has 0 bridgehead atoms. The van der Waals surface area contributed by atoms with Crippen molar-refractivity contribution in [1.82, 2.24) is 0 Å². The zero-order chi connectivity index (χ0) is 12.3. The number of ether oxygens (including phenoxy) is 1. The Kier molecular flexibility index (Phi) is 3.35. The van der Waals surface area contributed by atoms with Crippen LogP contribution in [0.25, 0.3) is 0 Å². The van der Waals surface area contributed by atoms with Gasteiger partial charge in [-0.15, -0.1) is 0 Å². The van der Waals surface area contributed by atoms with Gasteiger partial charge >= 0.3 is 0 Å². The lowest BCUT2D eigenvalue weighted by Gasteiger charge is -2.09. The third-order valence-corrected chi connectivity index (χ3v) is 4.24. The molecule has 1 aromatic heterocycles. The second-order valence-electron chi connectivity index (χ2n) is 3.27. The molecule has 0 saturated carbocycles. The summed E-state index contributed by atoms with van der Waals surface area (Å²) in [6.45, 7) is 0. The second kappa shape index (κ2) is 4.77. The molecule has 90 valence electrons. The average molecular weight is 269 g/mol. The van der Waals surface area contributed by atoms with Gasteiger partial charge in [0.15, 0.2) is 0 Å². The molecule has 0 aliphatic heterocycles. The van der Waals surface area contributed by atoms with Crippen LogP contribution in [0.2, 0.25) is 0 Å². The minimum Gasteiger partial charge on any atom is -0.495 e. The molecule has 4 nitrogen and oxygen atoms in total. The molecule has 17 heavy (non-hydrogen) atoms. The first-order valence-corrected chi connectivity index (χ1v) is 7.24. The van der Waals surface area contributed by atoms with Crippen LogP contribution in [0.15, 0.2) is 46.0 Å². The zero-order valence-electron chi connectivity index (χ0n) is 9.08. The van der Waals surface area contributed by atoms with Gasteiger partial charge in [0.25, 0.3) is 10.0 Å². The molecular weight excluding hydrogens is 258 g/mol. The zero-order valence-corrected chi connectivity index (χ0v) is 10.7. The molecule has 0 unspecified atom stereocenters. The van der Waals surface area contributed by atoms with Crippen molar-refractivity contribution in [3.63, 3.8) is 0 Å². The third kappa shape index (κ3) is 2.59. The second-order valence-corrected chi connectivity index (χ2v) is 5.70. The largest absolute Gasteiger partial charge is 0.495 e. The lowest BCUT2D eigenvalue weighted by atomic mass is 10.3. The van der Waals surface area contributed by atoms with Crippen LogP contribution in [-0.2, 0) is 10.0 Å². The summed E-state index contributed by atoms with van der Waals surface area (Å²) < 4.78 is 31.7. The number of anilines is 1. The fraction of sp³-hybridized carbons (Fsp3) is 0.0909. The lowest BCUT2D eigenvalue weighted by Crippen LogP contribution is -2.13. The highest BCUT2D eigenvalue weighted by atomic mass is 32.2. The standard InChI is InChI=1S/C11H11NO3S2/c1-15-10-4-2-3-5-11(10)17(13,14)12-9-6-7-16-8-9/h2-8,12H,1H3. The maximum Gasteiger partial charge on any atom is 0.265 e. The van der Waals surface area contributed by atoms with Crippen LogP contribution < -0.4 is 9.46 Å². The summed E-state index contributed by atoms with van der Waals surface area (Å²) in [5.41, 5.74) is 0.556. The molecule has 2 rings (SSSR count). The summed E-state index contributed by atoms with van der Waals surface area (Å²) in [4.78, 5) is 0.133. The minimum absolute atomic E-state index is 0.133. The van der Waals surface area contributed by atoms with Gasteiger partial charge < -0.3 is 4.74 Å². The first-order chi connectivity index (χ1) is 8.13. The molecule has 0 fully saturated rings. The van der Waals surface area contributed by atoms with E-state index in [1.807, 2.05) is 0 Å². The molecule has 2 aromatic rings. The van der Waals surface area contributed by atoms with E-state index in [-0.39, 0.29) is 4.90 Å². The van der Waals surface area contributed by atoms with E-state index < -0.39 is 10.0 Å². The summed E-state index contributed by atoms with van der Waals surface area (Å²) in [7, 11) is -2.15. The summed E-state index contributed by atoms with van der Waals surface area (Å²) >= 11 is 1.43. The van der Waals surface area contributed by atoms with E-state index in [9.17, 15) is 8.42 Å². The molecule has 0 amide bonds. The first-order valence-electron chi connectivity index (χ1n) is 4.81. The number of nitrogens with one attached hydrogen (secondary N) is 1. The average Bonchev–Trinajstić information content (AvgIpc) is 2.81. The summed E-state index contributed by atoms with van der Waals surface area (Å²) in [6.07, 6.45) is 0. The van der Waals surface area contributed by atoms with Crippen molar-refractivity contribution in [1.29, 1.82) is 0 Å². The third-order valence-electron chi connectivity index (χ3n) is 2.13. The number of methoxy groups -OCH3 is 1. The Labute approximate surface area is 104 Å². The van der Waals surface area contributed by atoms with Crippen molar-refractivity contribution in [2.45, 2.75) is 4.90 Å². The Morgan fingerprint density at radius 3 is 2.65 bits per heavy atom. The van der Waals surface area contributed by atoms with Crippen LogP contribution in [0.1, 0.15) is 0 Å². The van der Waals surface area contributed by atoms with E-state index in [1.165, 1.54) is 24.5 Å². The summed E-state index contributed by atoms with van der Waals surface area (Å²) in [5, 5.41) is 3.53. The minimum atomic E-state index is -3.59. The van der Waals surface area contributed by atoms with Crippen molar-refractivity contribution in [2.24, 2.45) is 0 Å². The summed E-state index contributed by atoms with van der Waals surface area (Å²) in [5.74, 6) is 0.329. The van der Waals surface area contributed by atoms with E-state index in [0.29, 0.717) is 11.4 Å². The Hall–Kier alpha value is -1.53. The van der Waals surface area contributed by atoms with Crippen molar-refractivity contribution < 1.29 is 13.2 Å². The number of sulfonamides is 1. The lowest BCUT2D eigenvalue weighted by molar-refractivity contribution is 0.403. The molecule has 6 heteroatoms. The molecule has 1 N–H and O–H groups in total. The van der Waals surface area contributed by atoms with Crippen molar-refractivity contribution in [3.05, 3.63) is 41.1 Å². The molecular formula is C11H11NO3S2. The fourth-order valence-corrected chi connectivity index (χ4v) is 3.26. The van der Waals surface area contributed by atoms with Crippen LogP contribution in [0.5, 0.6) is 5.75 Å². The van der Waals surface area contributed by atoms with Crippen LogP contribution in [0, 0.1) is 0 Å². The predicted octanol–water partition coefficient (Wildman–Crippen LogP) is 2.56. The smallest absolute Gasteiger partial charge is 0.265 e. The number of hydrogen-bond acceptors (Lipinski definition) is 4. The molecule has 0 atom stereocenters. The Bertz CT molecular complexity index is 591. The Morgan fingerprint density at radius 1 is 1.24 bits per heavy atom. The van der Waals surface area contributed by atoms with Gasteiger partial charge in [0.05, 0.1) is 12.8 Å².